The van der Waals surface area contributed by atoms with Gasteiger partial charge in [0, 0.05) is 32.8 Å². The fourth-order valence-corrected chi connectivity index (χ4v) is 8.90. The van der Waals surface area contributed by atoms with Gasteiger partial charge in [-0.25, -0.2) is 4.98 Å². The Morgan fingerprint density at radius 3 is 1.96 bits per heavy atom. The molecular weight excluding hydrogens is 677 g/mol. The van der Waals surface area contributed by atoms with Gasteiger partial charge in [0.15, 0.2) is 11.6 Å². The van der Waals surface area contributed by atoms with Crippen molar-refractivity contribution in [3.05, 3.63) is 120 Å². The van der Waals surface area contributed by atoms with Gasteiger partial charge in [-0.15, -0.1) is 16.4 Å². The Hall–Kier alpha value is -5.49. The number of hydrogen-bond acceptors (Lipinski definition) is 3. The molecule has 3 aliphatic rings. The molecule has 4 aromatic carbocycles. The topological polar surface area (TPSA) is 48.5 Å². The van der Waals surface area contributed by atoms with E-state index in [-0.39, 0.29) is 27.3 Å². The van der Waals surface area contributed by atoms with E-state index in [1.165, 1.54) is 17.6 Å². The predicted molar refractivity (Wildman–Crippen MR) is 238 cm³/mol. The Morgan fingerprint density at radius 1 is 0.589 bits per heavy atom. The van der Waals surface area contributed by atoms with Crippen LogP contribution in [0.15, 0.2) is 108 Å². The zero-order chi connectivity index (χ0) is 38.2. The van der Waals surface area contributed by atoms with Gasteiger partial charge in [0.25, 0.3) is 0 Å². The molecule has 3 aromatic heterocycles. The van der Waals surface area contributed by atoms with Crippen LogP contribution in [0, 0.1) is 5.92 Å². The Kier molecular flexibility index (Phi) is 8.50. The van der Waals surface area contributed by atoms with Gasteiger partial charge < -0.3 is 4.57 Å². The predicted octanol–water partition coefficient (Wildman–Crippen LogP) is 5.62. The lowest BCUT2D eigenvalue weighted by atomic mass is 9.61. The van der Waals surface area contributed by atoms with Gasteiger partial charge in [-0.05, 0) is 85.8 Å². The van der Waals surface area contributed by atoms with Crippen LogP contribution < -0.4 is 27.3 Å². The molecule has 258 valence electrons. The smallest absolute Gasteiger partial charge is 0.238 e. The third kappa shape index (κ3) is 5.47. The number of rotatable bonds is 5. The molecule has 5 nitrogen and oxygen atoms in total. The molecule has 10 radical (unpaired) electrons. The van der Waals surface area contributed by atoms with E-state index >= 15 is 0 Å². The van der Waals surface area contributed by atoms with Crippen molar-refractivity contribution >= 4 is 121 Å². The maximum Gasteiger partial charge on any atom is 0.238 e. The van der Waals surface area contributed by atoms with Crippen molar-refractivity contribution in [2.45, 2.75) is 51.9 Å². The second kappa shape index (κ2) is 13.6. The molecule has 0 spiro atoms. The molecule has 7 aromatic rings. The van der Waals surface area contributed by atoms with Gasteiger partial charge in [0.2, 0.25) is 5.95 Å². The molecule has 1 atom stereocenters. The summed E-state index contributed by atoms with van der Waals surface area (Å²) in [5, 5.41) is 4.13. The van der Waals surface area contributed by atoms with Crippen LogP contribution >= 0.6 is 0 Å². The average Bonchev–Trinajstić information content (AvgIpc) is 3.76. The maximum absolute atomic E-state index is 6.74. The Labute approximate surface area is 333 Å². The minimum Gasteiger partial charge on any atom is -0.310 e. The molecule has 1 unspecified atom stereocenters. The first-order valence-electron chi connectivity index (χ1n) is 19.5. The summed E-state index contributed by atoms with van der Waals surface area (Å²) >= 11 is 0. The third-order valence-electron chi connectivity index (χ3n) is 12.0. The van der Waals surface area contributed by atoms with Crippen molar-refractivity contribution in [2.24, 2.45) is 5.92 Å². The molecule has 10 rings (SSSR count). The summed E-state index contributed by atoms with van der Waals surface area (Å²) in [7, 11) is 32.6. The zero-order valence-electron chi connectivity index (χ0n) is 31.4. The summed E-state index contributed by atoms with van der Waals surface area (Å²) in [6.45, 7) is 2.34. The van der Waals surface area contributed by atoms with Crippen molar-refractivity contribution in [1.29, 1.82) is 0 Å². The normalized spacial score (nSPS) is 17.4. The second-order valence-corrected chi connectivity index (χ2v) is 15.4. The third-order valence-corrected chi connectivity index (χ3v) is 12.0. The van der Waals surface area contributed by atoms with E-state index < -0.39 is 0 Å². The second-order valence-electron chi connectivity index (χ2n) is 15.4. The van der Waals surface area contributed by atoms with Crippen LogP contribution in [0.4, 0.5) is 0 Å². The molecule has 0 saturated heterocycles. The summed E-state index contributed by atoms with van der Waals surface area (Å²) in [6.07, 6.45) is 20.8. The summed E-state index contributed by atoms with van der Waals surface area (Å²) in [6, 6.07) is 20.9. The summed E-state index contributed by atoms with van der Waals surface area (Å²) in [4.78, 5) is 15.8. The van der Waals surface area contributed by atoms with Gasteiger partial charge in [-0.3, -0.25) is 4.57 Å². The van der Waals surface area contributed by atoms with Gasteiger partial charge in [-0.1, -0.05) is 96.8 Å². The van der Waals surface area contributed by atoms with E-state index in [1.807, 2.05) is 16.7 Å². The lowest BCUT2D eigenvalue weighted by Gasteiger charge is -2.23. The van der Waals surface area contributed by atoms with E-state index in [1.54, 1.807) is 0 Å². The molecule has 0 bridgehead atoms. The minimum atomic E-state index is 0.178. The number of benzene rings is 4. The molecule has 0 saturated carbocycles. The van der Waals surface area contributed by atoms with Crippen molar-refractivity contribution in [2.75, 3.05) is 0 Å². The maximum atomic E-state index is 6.74. The molecule has 3 heterocycles. The number of fused-ring (bicyclic) bond motifs is 7. The molecule has 0 amide bonds. The summed E-state index contributed by atoms with van der Waals surface area (Å²) < 4.78 is 4.24. The van der Waals surface area contributed by atoms with Crippen molar-refractivity contribution in [3.8, 4) is 11.6 Å². The van der Waals surface area contributed by atoms with Crippen LogP contribution in [0.25, 0.3) is 66.4 Å². The van der Waals surface area contributed by atoms with Crippen LogP contribution in [-0.4, -0.2) is 63.3 Å². The van der Waals surface area contributed by atoms with Crippen LogP contribution in [-0.2, 0) is 0 Å². The van der Waals surface area contributed by atoms with Crippen LogP contribution in [0.2, 0.25) is 0 Å². The number of aromatic nitrogens is 5. The highest BCUT2D eigenvalue weighted by atomic mass is 15.2. The molecular formula is C46H34B5N5. The summed E-state index contributed by atoms with van der Waals surface area (Å²) in [5.41, 5.74) is 10.4. The molecule has 0 fully saturated rings. The van der Waals surface area contributed by atoms with Crippen molar-refractivity contribution in [1.82, 2.24) is 24.1 Å². The lowest BCUT2D eigenvalue weighted by Crippen LogP contribution is -2.56. The highest BCUT2D eigenvalue weighted by Gasteiger charge is 2.25. The largest absolute Gasteiger partial charge is 0.310 e. The quantitative estimate of drug-likeness (QED) is 0.218. The van der Waals surface area contributed by atoms with E-state index in [2.05, 4.69) is 96.5 Å². The monoisotopic (exact) mass is 711 g/mol. The van der Waals surface area contributed by atoms with Gasteiger partial charge in [0.1, 0.15) is 39.2 Å². The lowest BCUT2D eigenvalue weighted by molar-refractivity contribution is 0.515. The van der Waals surface area contributed by atoms with Crippen molar-refractivity contribution in [3.63, 3.8) is 0 Å². The van der Waals surface area contributed by atoms with Crippen LogP contribution in [0.5, 0.6) is 0 Å². The zero-order valence-corrected chi connectivity index (χ0v) is 31.4. The standard InChI is InChI=1S/C46H34B5N5/c1-25-15-17-26(18-16-25)27-19-21-29(22-20-27)45-52-44(28-9-3-2-4-10-28)53-46(54-45)56-33-13-7-5-11-30(33)31-23-24-35-36(42(31)56)32-12-6-8-14-34(32)55(35)43-40(50)38(48)37(47)39(49)41(43)51/h3,5-14,17,19,21,23-25H,2,4,15-16,18,20,22H2,1H3. The van der Waals surface area contributed by atoms with E-state index in [9.17, 15) is 0 Å². The highest BCUT2D eigenvalue weighted by molar-refractivity contribution is 6.68. The van der Waals surface area contributed by atoms with Gasteiger partial charge in [-0.2, -0.15) is 9.97 Å². The first-order valence-corrected chi connectivity index (χ1v) is 19.5. The molecule has 3 aliphatic carbocycles. The Balaban J connectivity index is 1.27. The fraction of sp³-hybridized carbons (Fsp3) is 0.196. The number of allylic oxidation sites excluding steroid dienone is 10. The van der Waals surface area contributed by atoms with Gasteiger partial charge in [0.05, 0.1) is 22.1 Å². The molecule has 10 heteroatoms. The van der Waals surface area contributed by atoms with E-state index in [0.29, 0.717) is 23.3 Å². The molecule has 0 aliphatic heterocycles. The average molecular weight is 711 g/mol. The van der Waals surface area contributed by atoms with Crippen molar-refractivity contribution < 1.29 is 0 Å². The number of para-hydroxylation sites is 2. The van der Waals surface area contributed by atoms with E-state index in [4.69, 9.17) is 54.2 Å². The van der Waals surface area contributed by atoms with Crippen LogP contribution in [0.1, 0.15) is 63.5 Å². The highest BCUT2D eigenvalue weighted by Crippen LogP contribution is 2.42. The van der Waals surface area contributed by atoms with Gasteiger partial charge >= 0.3 is 0 Å². The molecule has 56 heavy (non-hydrogen) atoms. The van der Waals surface area contributed by atoms with E-state index in [0.717, 1.165) is 99.2 Å². The first kappa shape index (κ1) is 35.0. The minimum absolute atomic E-state index is 0.178. The Morgan fingerprint density at radius 2 is 1.27 bits per heavy atom. The SMILES string of the molecule is [B]c1c([B])c([B])c(-n2c3ccccc3c3c2ccc2c4ccccc4n(-c4nc(C5=CCCC=C5)nc(C5=CC=C(C6=CCC(C)CC6)CC5)n4)c23)c([B])c1[B]. The Bertz CT molecular complexity index is 2950. The summed E-state index contributed by atoms with van der Waals surface area (Å²) in [5.74, 6) is 2.67. The number of nitrogens with zero attached hydrogens (tertiary/aromatic N) is 5. The van der Waals surface area contributed by atoms with Crippen LogP contribution in [0.3, 0.4) is 0 Å². The number of hydrogen-bond donors (Lipinski definition) is 0. The first-order chi connectivity index (χ1) is 27.3. The molecule has 0 N–H and O–H groups in total. The fourth-order valence-electron chi connectivity index (χ4n) is 8.90.